The molecule has 0 bridgehead atoms. The number of hydrogen-bond donors (Lipinski definition) is 3. The van der Waals surface area contributed by atoms with E-state index in [9.17, 15) is 5.11 Å². The van der Waals surface area contributed by atoms with E-state index in [1.165, 1.54) is 0 Å². The zero-order valence-electron chi connectivity index (χ0n) is 7.55. The predicted molar refractivity (Wildman–Crippen MR) is 57.7 cm³/mol. The van der Waals surface area contributed by atoms with E-state index in [2.05, 4.69) is 4.98 Å². The Balaban J connectivity index is 2.67. The van der Waals surface area contributed by atoms with Crippen molar-refractivity contribution in [3.05, 3.63) is 28.9 Å². The average Bonchev–Trinajstić information content (AvgIpc) is 2.48. The summed E-state index contributed by atoms with van der Waals surface area (Å²) in [6.45, 7) is 0.535. The molecule has 4 heteroatoms. The number of H-pyrrole nitrogens is 1. The highest BCUT2D eigenvalue weighted by molar-refractivity contribution is 6.36. The summed E-state index contributed by atoms with van der Waals surface area (Å²) in [6, 6.07) is 5.26. The number of aromatic amines is 1. The largest absolute Gasteiger partial charge is 0.506 e. The van der Waals surface area contributed by atoms with Crippen molar-refractivity contribution >= 4 is 22.5 Å². The number of phenolic OH excluding ortho intramolecular Hbond substituents is 1. The normalized spacial score (nSPS) is 11.0. The van der Waals surface area contributed by atoms with Gasteiger partial charge >= 0.3 is 0 Å². The van der Waals surface area contributed by atoms with Crippen LogP contribution in [0.1, 0.15) is 5.69 Å². The zero-order chi connectivity index (χ0) is 10.1. The van der Waals surface area contributed by atoms with Gasteiger partial charge < -0.3 is 15.8 Å². The maximum absolute atomic E-state index is 9.56. The number of benzene rings is 1. The van der Waals surface area contributed by atoms with E-state index in [0.29, 0.717) is 23.5 Å². The van der Waals surface area contributed by atoms with Gasteiger partial charge in [-0.2, -0.15) is 0 Å². The van der Waals surface area contributed by atoms with Crippen LogP contribution >= 0.6 is 11.6 Å². The van der Waals surface area contributed by atoms with Gasteiger partial charge in [-0.3, -0.25) is 0 Å². The summed E-state index contributed by atoms with van der Waals surface area (Å²) in [7, 11) is 0. The van der Waals surface area contributed by atoms with Crippen LogP contribution in [0.3, 0.4) is 0 Å². The fraction of sp³-hybridized carbons (Fsp3) is 0.200. The molecule has 0 aliphatic rings. The lowest BCUT2D eigenvalue weighted by Gasteiger charge is -1.92. The van der Waals surface area contributed by atoms with Crippen LogP contribution < -0.4 is 5.73 Å². The number of para-hydroxylation sites is 1. The van der Waals surface area contributed by atoms with E-state index < -0.39 is 0 Å². The molecule has 14 heavy (non-hydrogen) atoms. The monoisotopic (exact) mass is 210 g/mol. The van der Waals surface area contributed by atoms with Crippen molar-refractivity contribution in [1.82, 2.24) is 4.98 Å². The van der Waals surface area contributed by atoms with Crippen LogP contribution in [0.5, 0.6) is 5.75 Å². The van der Waals surface area contributed by atoms with Crippen LogP contribution in [0.25, 0.3) is 10.9 Å². The minimum absolute atomic E-state index is 0.215. The van der Waals surface area contributed by atoms with Gasteiger partial charge in [0, 0.05) is 17.5 Å². The van der Waals surface area contributed by atoms with Gasteiger partial charge in [0.25, 0.3) is 0 Å². The molecule has 2 rings (SSSR count). The number of hydrogen-bond acceptors (Lipinski definition) is 2. The molecule has 4 N–H and O–H groups in total. The molecule has 0 aliphatic carbocycles. The van der Waals surface area contributed by atoms with Crippen molar-refractivity contribution in [3.63, 3.8) is 0 Å². The Labute approximate surface area is 86.5 Å². The average molecular weight is 211 g/mol. The lowest BCUT2D eigenvalue weighted by molar-refractivity contribution is 0.480. The van der Waals surface area contributed by atoms with Gasteiger partial charge in [0.15, 0.2) is 0 Å². The van der Waals surface area contributed by atoms with E-state index in [-0.39, 0.29) is 5.75 Å². The van der Waals surface area contributed by atoms with Crippen molar-refractivity contribution in [3.8, 4) is 5.75 Å². The van der Waals surface area contributed by atoms with Gasteiger partial charge in [-0.25, -0.2) is 0 Å². The quantitative estimate of drug-likeness (QED) is 0.710. The van der Waals surface area contributed by atoms with Crippen molar-refractivity contribution < 1.29 is 5.11 Å². The summed E-state index contributed by atoms with van der Waals surface area (Å²) in [4.78, 5) is 3.07. The van der Waals surface area contributed by atoms with Crippen LogP contribution in [0.15, 0.2) is 18.2 Å². The molecule has 3 nitrogen and oxygen atoms in total. The minimum atomic E-state index is 0.215. The Morgan fingerprint density at radius 1 is 1.43 bits per heavy atom. The van der Waals surface area contributed by atoms with E-state index in [0.717, 1.165) is 11.1 Å². The van der Waals surface area contributed by atoms with Gasteiger partial charge in [0.2, 0.25) is 0 Å². The van der Waals surface area contributed by atoms with E-state index >= 15 is 0 Å². The van der Waals surface area contributed by atoms with Crippen LogP contribution in [-0.2, 0) is 6.42 Å². The molecule has 1 aromatic heterocycles. The van der Waals surface area contributed by atoms with Gasteiger partial charge in [0.05, 0.1) is 10.5 Å². The summed E-state index contributed by atoms with van der Waals surface area (Å²) < 4.78 is 0. The molecule has 0 saturated heterocycles. The fourth-order valence-electron chi connectivity index (χ4n) is 1.54. The zero-order valence-corrected chi connectivity index (χ0v) is 8.30. The summed E-state index contributed by atoms with van der Waals surface area (Å²) in [5, 5.41) is 11.1. The number of phenols is 1. The number of nitrogens with one attached hydrogen (secondary N) is 1. The van der Waals surface area contributed by atoms with Gasteiger partial charge in [-0.05, 0) is 12.6 Å². The minimum Gasteiger partial charge on any atom is -0.506 e. The molecule has 1 aromatic carbocycles. The molecule has 0 aliphatic heterocycles. The molecule has 0 radical (unpaired) electrons. The molecule has 0 spiro atoms. The molecule has 0 amide bonds. The van der Waals surface area contributed by atoms with Gasteiger partial charge in [0.1, 0.15) is 5.75 Å². The fourth-order valence-corrected chi connectivity index (χ4v) is 1.84. The first kappa shape index (κ1) is 9.37. The SMILES string of the molecule is NCCc1[nH]c2c(O)cccc2c1Cl. The molecule has 2 aromatic rings. The Kier molecular flexibility index (Phi) is 2.35. The summed E-state index contributed by atoms with van der Waals surface area (Å²) >= 11 is 6.11. The van der Waals surface area contributed by atoms with Crippen LogP contribution in [0, 0.1) is 0 Å². The lowest BCUT2D eigenvalue weighted by atomic mass is 10.2. The van der Waals surface area contributed by atoms with Crippen LogP contribution in [0.4, 0.5) is 0 Å². The molecular weight excluding hydrogens is 200 g/mol. The molecule has 74 valence electrons. The third-order valence-electron chi connectivity index (χ3n) is 2.21. The Morgan fingerprint density at radius 2 is 2.21 bits per heavy atom. The van der Waals surface area contributed by atoms with E-state index in [1.54, 1.807) is 12.1 Å². The Bertz CT molecular complexity index is 464. The highest BCUT2D eigenvalue weighted by atomic mass is 35.5. The molecular formula is C10H11ClN2O. The number of aromatic hydroxyl groups is 1. The second-order valence-electron chi connectivity index (χ2n) is 3.16. The smallest absolute Gasteiger partial charge is 0.139 e. The first-order valence-corrected chi connectivity index (χ1v) is 4.80. The summed E-state index contributed by atoms with van der Waals surface area (Å²) in [6.07, 6.45) is 0.687. The number of rotatable bonds is 2. The maximum Gasteiger partial charge on any atom is 0.139 e. The lowest BCUT2D eigenvalue weighted by Crippen LogP contribution is -2.02. The summed E-state index contributed by atoms with van der Waals surface area (Å²) in [5.74, 6) is 0.215. The number of nitrogens with two attached hydrogens (primary N) is 1. The van der Waals surface area contributed by atoms with E-state index in [4.69, 9.17) is 17.3 Å². The van der Waals surface area contributed by atoms with Crippen LogP contribution in [-0.4, -0.2) is 16.6 Å². The third kappa shape index (κ3) is 1.35. The Morgan fingerprint density at radius 3 is 2.86 bits per heavy atom. The van der Waals surface area contributed by atoms with Crippen molar-refractivity contribution in [1.29, 1.82) is 0 Å². The van der Waals surface area contributed by atoms with Crippen LogP contribution in [0.2, 0.25) is 5.02 Å². The molecule has 0 saturated carbocycles. The van der Waals surface area contributed by atoms with Gasteiger partial charge in [-0.15, -0.1) is 0 Å². The first-order chi connectivity index (χ1) is 6.74. The maximum atomic E-state index is 9.56. The van der Waals surface area contributed by atoms with Crippen molar-refractivity contribution in [2.75, 3.05) is 6.54 Å². The molecule has 1 heterocycles. The first-order valence-electron chi connectivity index (χ1n) is 4.42. The topological polar surface area (TPSA) is 62.0 Å². The standard InChI is InChI=1S/C10H11ClN2O/c11-9-6-2-1-3-8(14)10(6)13-7(9)4-5-12/h1-3,13-14H,4-5,12H2. The third-order valence-corrected chi connectivity index (χ3v) is 2.65. The second-order valence-corrected chi connectivity index (χ2v) is 3.53. The second kappa shape index (κ2) is 3.52. The number of halogens is 1. The van der Waals surface area contributed by atoms with E-state index in [1.807, 2.05) is 6.07 Å². The van der Waals surface area contributed by atoms with Gasteiger partial charge in [-0.1, -0.05) is 23.7 Å². The Hall–Kier alpha value is -1.19. The summed E-state index contributed by atoms with van der Waals surface area (Å²) in [5.41, 5.74) is 7.01. The molecule has 0 unspecified atom stereocenters. The highest BCUT2D eigenvalue weighted by Gasteiger charge is 2.10. The number of fused-ring (bicyclic) bond motifs is 1. The van der Waals surface area contributed by atoms with Crippen molar-refractivity contribution in [2.45, 2.75) is 6.42 Å². The van der Waals surface area contributed by atoms with Crippen molar-refractivity contribution in [2.24, 2.45) is 5.73 Å². The molecule has 0 atom stereocenters. The number of aromatic nitrogens is 1. The predicted octanol–water partition coefficient (Wildman–Crippen LogP) is 2.03. The highest BCUT2D eigenvalue weighted by Crippen LogP contribution is 2.32. The molecule has 0 fully saturated rings.